The van der Waals surface area contributed by atoms with E-state index >= 15 is 0 Å². The smallest absolute Gasteiger partial charge is 0.298 e. The number of fused-ring (bicyclic) bond motifs is 1. The topological polar surface area (TPSA) is 88.2 Å². The Morgan fingerprint density at radius 3 is 2.58 bits per heavy atom. The third-order valence-electron chi connectivity index (χ3n) is 2.81. The zero-order valence-corrected chi connectivity index (χ0v) is 9.69. The van der Waals surface area contributed by atoms with Gasteiger partial charge in [-0.05, 0) is 24.3 Å². The van der Waals surface area contributed by atoms with E-state index in [-0.39, 0.29) is 22.3 Å². The number of aromatic hydroxyl groups is 1. The first kappa shape index (κ1) is 11.2. The molecule has 6 heteroatoms. The summed E-state index contributed by atoms with van der Waals surface area (Å²) < 4.78 is 0.416. The third kappa shape index (κ3) is 1.61. The van der Waals surface area contributed by atoms with E-state index in [0.29, 0.717) is 10.4 Å². The van der Waals surface area contributed by atoms with Crippen molar-refractivity contribution in [1.82, 2.24) is 14.7 Å². The van der Waals surface area contributed by atoms with E-state index in [2.05, 4.69) is 9.97 Å². The van der Waals surface area contributed by atoms with Crippen LogP contribution in [0.25, 0.3) is 22.3 Å². The molecule has 0 bridgehead atoms. The Morgan fingerprint density at radius 1 is 1.05 bits per heavy atom. The van der Waals surface area contributed by atoms with Crippen molar-refractivity contribution in [3.05, 3.63) is 53.1 Å². The zero-order valence-electron chi connectivity index (χ0n) is 9.69. The van der Waals surface area contributed by atoms with Gasteiger partial charge in [-0.2, -0.15) is 0 Å². The zero-order chi connectivity index (χ0) is 13.4. The Labute approximate surface area is 107 Å². The third-order valence-corrected chi connectivity index (χ3v) is 2.81. The van der Waals surface area contributed by atoms with Crippen LogP contribution in [0.3, 0.4) is 0 Å². The molecule has 0 aromatic carbocycles. The molecular weight excluding hydrogens is 246 g/mol. The van der Waals surface area contributed by atoms with Crippen LogP contribution in [0, 0.1) is 0 Å². The summed E-state index contributed by atoms with van der Waals surface area (Å²) in [4.78, 5) is 20.0. The van der Waals surface area contributed by atoms with Crippen molar-refractivity contribution in [1.29, 1.82) is 0 Å². The number of hydrogen-bond acceptors (Lipinski definition) is 5. The SMILES string of the molecule is O=c1c(-c2ccccn2)c(O)c2cccnc2n1O. The monoisotopic (exact) mass is 255 g/mol. The second-order valence-electron chi connectivity index (χ2n) is 3.93. The molecular formula is C13H9N3O3. The van der Waals surface area contributed by atoms with E-state index in [1.54, 1.807) is 30.3 Å². The van der Waals surface area contributed by atoms with Gasteiger partial charge in [0.15, 0.2) is 5.65 Å². The Kier molecular flexibility index (Phi) is 2.42. The average Bonchev–Trinajstić information content (AvgIpc) is 2.46. The van der Waals surface area contributed by atoms with Gasteiger partial charge in [0.1, 0.15) is 11.3 Å². The van der Waals surface area contributed by atoms with E-state index in [1.807, 2.05) is 0 Å². The fourth-order valence-corrected chi connectivity index (χ4v) is 1.93. The fourth-order valence-electron chi connectivity index (χ4n) is 1.93. The molecule has 0 amide bonds. The van der Waals surface area contributed by atoms with Gasteiger partial charge in [0.2, 0.25) is 0 Å². The van der Waals surface area contributed by atoms with E-state index in [9.17, 15) is 15.1 Å². The number of hydrogen-bond donors (Lipinski definition) is 2. The van der Waals surface area contributed by atoms with Gasteiger partial charge in [-0.1, -0.05) is 6.07 Å². The highest BCUT2D eigenvalue weighted by molar-refractivity contribution is 5.88. The average molecular weight is 255 g/mol. The molecule has 0 aliphatic heterocycles. The summed E-state index contributed by atoms with van der Waals surface area (Å²) in [6.45, 7) is 0. The molecule has 0 spiro atoms. The molecule has 0 unspecified atom stereocenters. The van der Waals surface area contributed by atoms with Crippen molar-refractivity contribution < 1.29 is 10.3 Å². The summed E-state index contributed by atoms with van der Waals surface area (Å²) >= 11 is 0. The Hall–Kier alpha value is -2.89. The van der Waals surface area contributed by atoms with Crippen LogP contribution < -0.4 is 5.56 Å². The van der Waals surface area contributed by atoms with Crippen LogP contribution in [-0.4, -0.2) is 25.0 Å². The normalized spacial score (nSPS) is 10.7. The molecule has 3 heterocycles. The first-order valence-corrected chi connectivity index (χ1v) is 5.53. The van der Waals surface area contributed by atoms with E-state index in [1.165, 1.54) is 12.4 Å². The number of pyridine rings is 3. The van der Waals surface area contributed by atoms with Crippen molar-refractivity contribution in [3.63, 3.8) is 0 Å². The molecule has 3 aromatic heterocycles. The fraction of sp³-hybridized carbons (Fsp3) is 0. The largest absolute Gasteiger partial charge is 0.506 e. The van der Waals surface area contributed by atoms with Crippen LogP contribution in [0.5, 0.6) is 5.75 Å². The molecule has 0 radical (unpaired) electrons. The highest BCUT2D eigenvalue weighted by Crippen LogP contribution is 2.30. The van der Waals surface area contributed by atoms with Crippen LogP contribution in [0.2, 0.25) is 0 Å². The van der Waals surface area contributed by atoms with Crippen LogP contribution in [-0.2, 0) is 0 Å². The molecule has 2 N–H and O–H groups in total. The lowest BCUT2D eigenvalue weighted by molar-refractivity contribution is 0.186. The van der Waals surface area contributed by atoms with Crippen LogP contribution in [0.1, 0.15) is 0 Å². The molecule has 0 saturated carbocycles. The molecule has 19 heavy (non-hydrogen) atoms. The number of aromatic nitrogens is 3. The standard InChI is InChI=1S/C13H9N3O3/c17-11-8-4-3-7-15-12(8)16(19)13(18)10(11)9-5-1-2-6-14-9/h1-7,17,19H. The predicted octanol–water partition coefficient (Wildman–Crippen LogP) is 1.40. The van der Waals surface area contributed by atoms with Crippen molar-refractivity contribution in [3.8, 4) is 17.0 Å². The van der Waals surface area contributed by atoms with Crippen molar-refractivity contribution in [2.45, 2.75) is 0 Å². The second-order valence-corrected chi connectivity index (χ2v) is 3.93. The summed E-state index contributed by atoms with van der Waals surface area (Å²) in [6, 6.07) is 8.14. The first-order chi connectivity index (χ1) is 9.20. The van der Waals surface area contributed by atoms with Crippen molar-refractivity contribution in [2.24, 2.45) is 0 Å². The van der Waals surface area contributed by atoms with Gasteiger partial charge in [-0.3, -0.25) is 9.78 Å². The quantitative estimate of drug-likeness (QED) is 0.642. The molecule has 0 aliphatic carbocycles. The summed E-state index contributed by atoms with van der Waals surface area (Å²) in [5.74, 6) is -0.239. The van der Waals surface area contributed by atoms with Gasteiger partial charge in [0, 0.05) is 12.4 Å². The van der Waals surface area contributed by atoms with Gasteiger partial charge >= 0.3 is 0 Å². The minimum atomic E-state index is -0.762. The molecule has 0 fully saturated rings. The van der Waals surface area contributed by atoms with Crippen LogP contribution >= 0.6 is 0 Å². The molecule has 3 rings (SSSR count). The molecule has 0 atom stereocenters. The summed E-state index contributed by atoms with van der Waals surface area (Å²) in [5, 5.41) is 20.3. The highest BCUT2D eigenvalue weighted by atomic mass is 16.5. The number of nitrogens with zero attached hydrogens (tertiary/aromatic N) is 3. The van der Waals surface area contributed by atoms with E-state index < -0.39 is 5.56 Å². The Bertz CT molecular complexity index is 812. The van der Waals surface area contributed by atoms with Crippen LogP contribution in [0.15, 0.2) is 47.5 Å². The lowest BCUT2D eigenvalue weighted by Crippen LogP contribution is -2.21. The molecule has 0 saturated heterocycles. The minimum absolute atomic E-state index is 0.00433. The highest BCUT2D eigenvalue weighted by Gasteiger charge is 2.18. The lowest BCUT2D eigenvalue weighted by Gasteiger charge is -2.08. The summed E-state index contributed by atoms with van der Waals surface area (Å²) in [5.41, 5.74) is -0.519. The molecule has 3 aromatic rings. The van der Waals surface area contributed by atoms with Gasteiger partial charge in [0.05, 0.1) is 11.1 Å². The molecule has 6 nitrogen and oxygen atoms in total. The second kappa shape index (κ2) is 4.09. The Morgan fingerprint density at radius 2 is 1.84 bits per heavy atom. The first-order valence-electron chi connectivity index (χ1n) is 5.53. The molecule has 0 aliphatic rings. The maximum atomic E-state index is 12.1. The van der Waals surface area contributed by atoms with Gasteiger partial charge in [-0.25, -0.2) is 4.98 Å². The Balaban J connectivity index is 2.48. The minimum Gasteiger partial charge on any atom is -0.506 e. The summed E-state index contributed by atoms with van der Waals surface area (Å²) in [6.07, 6.45) is 2.93. The van der Waals surface area contributed by atoms with Crippen LogP contribution in [0.4, 0.5) is 0 Å². The van der Waals surface area contributed by atoms with Gasteiger partial charge in [0.25, 0.3) is 5.56 Å². The van der Waals surface area contributed by atoms with E-state index in [4.69, 9.17) is 0 Å². The maximum Gasteiger partial charge on any atom is 0.298 e. The predicted molar refractivity (Wildman–Crippen MR) is 68.1 cm³/mol. The van der Waals surface area contributed by atoms with E-state index in [0.717, 1.165) is 0 Å². The lowest BCUT2D eigenvalue weighted by atomic mass is 10.1. The molecule has 94 valence electrons. The summed E-state index contributed by atoms with van der Waals surface area (Å²) in [7, 11) is 0. The van der Waals surface area contributed by atoms with Gasteiger partial charge in [-0.15, -0.1) is 4.73 Å². The maximum absolute atomic E-state index is 12.1. The van der Waals surface area contributed by atoms with Crippen molar-refractivity contribution >= 4 is 11.0 Å². The number of rotatable bonds is 1. The van der Waals surface area contributed by atoms with Gasteiger partial charge < -0.3 is 10.3 Å². The van der Waals surface area contributed by atoms with Crippen molar-refractivity contribution in [2.75, 3.05) is 0 Å².